The summed E-state index contributed by atoms with van der Waals surface area (Å²) in [5.41, 5.74) is 0. The highest BCUT2D eigenvalue weighted by molar-refractivity contribution is 9.11. The second-order valence-electron chi connectivity index (χ2n) is 2.63. The summed E-state index contributed by atoms with van der Waals surface area (Å²) in [5, 5.41) is 12.5. The fraction of sp³-hybridized carbons (Fsp3) is 0.375. The molecule has 0 atom stereocenters. The molecule has 0 aromatic carbocycles. The number of urea groups is 1. The van der Waals surface area contributed by atoms with Crippen molar-refractivity contribution in [1.82, 2.24) is 10.6 Å². The molecule has 0 aliphatic carbocycles. The number of nitrogens with one attached hydrogen (secondary N) is 2. The number of aliphatic carboxylic acids is 1. The van der Waals surface area contributed by atoms with Crippen molar-refractivity contribution in [2.45, 2.75) is 0 Å². The van der Waals surface area contributed by atoms with E-state index < -0.39 is 31.1 Å². The van der Waals surface area contributed by atoms with Crippen LogP contribution in [0.3, 0.4) is 0 Å². The third-order valence-corrected chi connectivity index (χ3v) is 1.43. The molecule has 0 rings (SSSR count). The molecule has 90 valence electrons. The molecule has 0 saturated heterocycles. The van der Waals surface area contributed by atoms with E-state index >= 15 is 0 Å². The number of ether oxygens (including phenoxy) is 1. The maximum absolute atomic E-state index is 11.0. The third-order valence-electron chi connectivity index (χ3n) is 1.15. The Labute approximate surface area is 100.0 Å². The van der Waals surface area contributed by atoms with Crippen molar-refractivity contribution in [3.8, 4) is 0 Å². The summed E-state index contributed by atoms with van der Waals surface area (Å²) in [6, 6.07) is -0.704. The lowest BCUT2D eigenvalue weighted by Crippen LogP contribution is -2.41. The number of rotatable bonds is 6. The van der Waals surface area contributed by atoms with E-state index in [0.29, 0.717) is 4.48 Å². The minimum absolute atomic E-state index is 0.176. The Balaban J connectivity index is 3.66. The van der Waals surface area contributed by atoms with Crippen molar-refractivity contribution in [3.05, 3.63) is 11.1 Å². The van der Waals surface area contributed by atoms with Crippen LogP contribution in [-0.4, -0.2) is 42.8 Å². The van der Waals surface area contributed by atoms with Gasteiger partial charge in [0.25, 0.3) is 5.91 Å². The van der Waals surface area contributed by atoms with E-state index in [4.69, 9.17) is 5.11 Å². The fourth-order valence-electron chi connectivity index (χ4n) is 0.614. The van der Waals surface area contributed by atoms with Gasteiger partial charge in [0, 0.05) is 4.48 Å². The first kappa shape index (κ1) is 14.6. The molecule has 7 nitrogen and oxygen atoms in total. The van der Waals surface area contributed by atoms with Gasteiger partial charge in [0.2, 0.25) is 0 Å². The Morgan fingerprint density at radius 1 is 1.31 bits per heavy atom. The molecule has 0 spiro atoms. The van der Waals surface area contributed by atoms with Gasteiger partial charge in [-0.2, -0.15) is 0 Å². The van der Waals surface area contributed by atoms with Gasteiger partial charge in [-0.25, -0.2) is 9.59 Å². The summed E-state index contributed by atoms with van der Waals surface area (Å²) in [6.45, 7) is 2.57. The molecule has 16 heavy (non-hydrogen) atoms. The number of carboxylic acid groups (broad SMARTS) is 1. The quantitative estimate of drug-likeness (QED) is 0.630. The maximum Gasteiger partial charge on any atom is 0.329 e. The third kappa shape index (κ3) is 9.16. The summed E-state index contributed by atoms with van der Waals surface area (Å²) < 4.78 is 5.02. The highest BCUT2D eigenvalue weighted by Crippen LogP contribution is 1.95. The van der Waals surface area contributed by atoms with Crippen molar-refractivity contribution in [2.75, 3.05) is 19.8 Å². The molecule has 8 heteroatoms. The van der Waals surface area contributed by atoms with Gasteiger partial charge in [-0.15, -0.1) is 0 Å². The summed E-state index contributed by atoms with van der Waals surface area (Å²) in [4.78, 5) is 32.0. The van der Waals surface area contributed by atoms with E-state index in [0.717, 1.165) is 0 Å². The van der Waals surface area contributed by atoms with E-state index in [1.807, 2.05) is 5.32 Å². The summed E-state index contributed by atoms with van der Waals surface area (Å²) >= 11 is 3.02. The molecule has 0 heterocycles. The molecule has 0 fully saturated rings. The lowest BCUT2D eigenvalue weighted by atomic mass is 10.6. The Hall–Kier alpha value is -1.41. The van der Waals surface area contributed by atoms with Gasteiger partial charge in [0.05, 0.1) is 6.54 Å². The van der Waals surface area contributed by atoms with Crippen LogP contribution in [0.5, 0.6) is 0 Å². The fourth-order valence-corrected chi connectivity index (χ4v) is 0.754. The Morgan fingerprint density at radius 3 is 2.44 bits per heavy atom. The van der Waals surface area contributed by atoms with E-state index in [-0.39, 0.29) is 6.54 Å². The van der Waals surface area contributed by atoms with E-state index in [2.05, 4.69) is 32.6 Å². The van der Waals surface area contributed by atoms with Gasteiger partial charge in [0.1, 0.15) is 13.2 Å². The molecular formula is C8H11BrN2O5. The van der Waals surface area contributed by atoms with Crippen LogP contribution < -0.4 is 10.6 Å². The molecule has 0 aromatic heterocycles. The number of carbonyl (C=O) groups is 3. The lowest BCUT2D eigenvalue weighted by Gasteiger charge is -2.05. The van der Waals surface area contributed by atoms with Crippen LogP contribution in [0, 0.1) is 0 Å². The summed E-state index contributed by atoms with van der Waals surface area (Å²) in [6.07, 6.45) is 0. The van der Waals surface area contributed by atoms with Crippen LogP contribution in [0.4, 0.5) is 4.79 Å². The predicted octanol–water partition coefficient (Wildman–Crippen LogP) is -0.178. The molecule has 3 amide bonds. The van der Waals surface area contributed by atoms with Crippen LogP contribution in [0.2, 0.25) is 0 Å². The first-order valence-electron chi connectivity index (χ1n) is 4.12. The zero-order chi connectivity index (χ0) is 12.6. The van der Waals surface area contributed by atoms with E-state index in [1.165, 1.54) is 0 Å². The van der Waals surface area contributed by atoms with Crippen molar-refractivity contribution >= 4 is 33.8 Å². The largest absolute Gasteiger partial charge is 0.480 e. The predicted molar refractivity (Wildman–Crippen MR) is 58.1 cm³/mol. The first-order valence-corrected chi connectivity index (χ1v) is 4.91. The minimum Gasteiger partial charge on any atom is -0.480 e. The highest BCUT2D eigenvalue weighted by atomic mass is 79.9. The van der Waals surface area contributed by atoms with Crippen LogP contribution in [0.25, 0.3) is 0 Å². The molecular weight excluding hydrogens is 284 g/mol. The number of hydrogen-bond acceptors (Lipinski definition) is 4. The van der Waals surface area contributed by atoms with E-state index in [9.17, 15) is 14.4 Å². The van der Waals surface area contributed by atoms with Gasteiger partial charge in [-0.1, -0.05) is 22.5 Å². The second kappa shape index (κ2) is 7.83. The summed E-state index contributed by atoms with van der Waals surface area (Å²) in [7, 11) is 0. The molecule has 0 aliphatic heterocycles. The Morgan fingerprint density at radius 2 is 1.94 bits per heavy atom. The van der Waals surface area contributed by atoms with Crippen LogP contribution >= 0.6 is 15.9 Å². The topological polar surface area (TPSA) is 105 Å². The molecule has 0 saturated carbocycles. The van der Waals surface area contributed by atoms with Crippen LogP contribution in [-0.2, 0) is 14.3 Å². The van der Waals surface area contributed by atoms with Gasteiger partial charge >= 0.3 is 12.0 Å². The Kier molecular flexibility index (Phi) is 7.14. The first-order chi connectivity index (χ1) is 7.41. The standard InChI is InChI=1S/C8H11BrN2O5/c1-5(9)2-10-8(15)11-6(12)3-16-4-7(13)14/h1-4H2,(H,13,14)(H2,10,11,12,15). The maximum atomic E-state index is 11.0. The summed E-state index contributed by atoms with van der Waals surface area (Å²) in [5.74, 6) is -1.91. The van der Waals surface area contributed by atoms with Gasteiger partial charge in [-0.05, 0) is 0 Å². The average molecular weight is 295 g/mol. The normalized spacial score (nSPS) is 9.31. The molecule has 0 bridgehead atoms. The van der Waals surface area contributed by atoms with Gasteiger partial charge in [0.15, 0.2) is 0 Å². The zero-order valence-electron chi connectivity index (χ0n) is 8.29. The molecule has 0 unspecified atom stereocenters. The Bertz CT molecular complexity index is 305. The van der Waals surface area contributed by atoms with Crippen LogP contribution in [0.1, 0.15) is 0 Å². The molecule has 0 aliphatic rings. The number of carboxylic acids is 1. The molecule has 0 radical (unpaired) electrons. The molecule has 0 aromatic rings. The lowest BCUT2D eigenvalue weighted by molar-refractivity contribution is -0.143. The van der Waals surface area contributed by atoms with Crippen LogP contribution in [0.15, 0.2) is 11.1 Å². The van der Waals surface area contributed by atoms with Gasteiger partial charge in [-0.3, -0.25) is 10.1 Å². The smallest absolute Gasteiger partial charge is 0.329 e. The SMILES string of the molecule is C=C(Br)CNC(=O)NC(=O)COCC(=O)O. The number of imide groups is 1. The highest BCUT2D eigenvalue weighted by Gasteiger charge is 2.08. The second-order valence-corrected chi connectivity index (χ2v) is 3.76. The van der Waals surface area contributed by atoms with Crippen molar-refractivity contribution in [2.24, 2.45) is 0 Å². The number of carbonyl (C=O) groups excluding carboxylic acids is 2. The minimum atomic E-state index is -1.19. The van der Waals surface area contributed by atoms with Crippen molar-refractivity contribution in [1.29, 1.82) is 0 Å². The number of hydrogen-bond donors (Lipinski definition) is 3. The average Bonchev–Trinajstić information content (AvgIpc) is 2.14. The van der Waals surface area contributed by atoms with Crippen molar-refractivity contribution < 1.29 is 24.2 Å². The number of amides is 3. The van der Waals surface area contributed by atoms with E-state index in [1.54, 1.807) is 0 Å². The number of halogens is 1. The molecule has 3 N–H and O–H groups in total. The van der Waals surface area contributed by atoms with Gasteiger partial charge < -0.3 is 15.2 Å². The monoisotopic (exact) mass is 294 g/mol. The zero-order valence-corrected chi connectivity index (χ0v) is 9.87. The van der Waals surface area contributed by atoms with Crippen molar-refractivity contribution in [3.63, 3.8) is 0 Å².